The molecule has 1 N–H and O–H groups in total. The van der Waals surface area contributed by atoms with Crippen molar-refractivity contribution in [3.8, 4) is 5.88 Å². The third-order valence-corrected chi connectivity index (χ3v) is 12.6. The highest BCUT2D eigenvalue weighted by atomic mass is 16.5. The molecule has 3 saturated carbocycles. The van der Waals surface area contributed by atoms with Crippen molar-refractivity contribution >= 4 is 11.6 Å². The van der Waals surface area contributed by atoms with Crippen LogP contribution in [0.2, 0.25) is 0 Å². The molecule has 0 spiro atoms. The summed E-state index contributed by atoms with van der Waals surface area (Å²) in [6.45, 7) is 10.8. The fraction of sp³-hybridized carbons (Fsp3) is 0.765. The van der Waals surface area contributed by atoms with E-state index in [9.17, 15) is 9.90 Å². The van der Waals surface area contributed by atoms with Gasteiger partial charge in [0.2, 0.25) is 11.8 Å². The van der Waals surface area contributed by atoms with Gasteiger partial charge in [-0.05, 0) is 110 Å². The Labute approximate surface area is 241 Å². The van der Waals surface area contributed by atoms with Crippen molar-refractivity contribution < 1.29 is 14.6 Å². The highest BCUT2D eigenvalue weighted by Crippen LogP contribution is 2.67. The van der Waals surface area contributed by atoms with E-state index in [0.717, 1.165) is 81.2 Å². The molecular formula is C34H51N3O3. The summed E-state index contributed by atoms with van der Waals surface area (Å²) in [5.74, 6) is 4.71. The zero-order valence-electron chi connectivity index (χ0n) is 25.3. The molecular weight excluding hydrogens is 498 g/mol. The molecule has 2 heterocycles. The van der Waals surface area contributed by atoms with Crippen LogP contribution < -0.4 is 9.64 Å². The van der Waals surface area contributed by atoms with Gasteiger partial charge in [0.15, 0.2) is 0 Å². The molecule has 1 unspecified atom stereocenters. The maximum absolute atomic E-state index is 13.3. The molecule has 6 heteroatoms. The average molecular weight is 550 g/mol. The van der Waals surface area contributed by atoms with Crippen molar-refractivity contribution in [1.29, 1.82) is 0 Å². The van der Waals surface area contributed by atoms with E-state index < -0.39 is 0 Å². The molecule has 0 aromatic carbocycles. The normalized spacial score (nSPS) is 38.1. The molecule has 4 aliphatic carbocycles. The highest BCUT2D eigenvalue weighted by Gasteiger charge is 2.59. The smallest absolute Gasteiger partial charge is 0.237 e. The number of carbonyl (C=O) groups excluding carboxylic acids is 1. The quantitative estimate of drug-likeness (QED) is 0.435. The Bertz CT molecular complexity index is 1110. The number of ether oxygens (including phenoxy) is 1. The molecule has 1 aliphatic heterocycles. The Kier molecular flexibility index (Phi) is 7.69. The summed E-state index contributed by atoms with van der Waals surface area (Å²) in [6, 6.07) is 4.00. The van der Waals surface area contributed by atoms with Crippen LogP contribution in [0.1, 0.15) is 85.0 Å². The Balaban J connectivity index is 1.04. The number of fused-ring (bicyclic) bond motifs is 5. The number of hydrogen-bond acceptors (Lipinski definition) is 5. The van der Waals surface area contributed by atoms with Crippen molar-refractivity contribution in [3.63, 3.8) is 0 Å². The third-order valence-electron chi connectivity index (χ3n) is 12.6. The van der Waals surface area contributed by atoms with Crippen molar-refractivity contribution in [2.24, 2.45) is 40.4 Å². The number of pyridine rings is 1. The summed E-state index contributed by atoms with van der Waals surface area (Å²) < 4.78 is 5.45. The van der Waals surface area contributed by atoms with Gasteiger partial charge in [0, 0.05) is 38.8 Å². The molecule has 6 nitrogen and oxygen atoms in total. The number of hydrogen-bond donors (Lipinski definition) is 1. The van der Waals surface area contributed by atoms with Crippen LogP contribution in [0.25, 0.3) is 0 Å². The van der Waals surface area contributed by atoms with Crippen LogP contribution >= 0.6 is 0 Å². The van der Waals surface area contributed by atoms with Gasteiger partial charge in [0.25, 0.3) is 0 Å². The Morgan fingerprint density at radius 3 is 2.70 bits per heavy atom. The van der Waals surface area contributed by atoms with Crippen LogP contribution in [0.4, 0.5) is 5.69 Å². The summed E-state index contributed by atoms with van der Waals surface area (Å²) in [7, 11) is 1.66. The van der Waals surface area contributed by atoms with Crippen LogP contribution in [0.3, 0.4) is 0 Å². The molecule has 1 aromatic heterocycles. The topological polar surface area (TPSA) is 65.9 Å². The van der Waals surface area contributed by atoms with Crippen molar-refractivity contribution in [1.82, 2.24) is 9.88 Å². The number of methoxy groups -OCH3 is 1. The second-order valence-electron chi connectivity index (χ2n) is 14.3. The summed E-state index contributed by atoms with van der Waals surface area (Å²) in [6.07, 6.45) is 15.5. The minimum atomic E-state index is -0.127. The van der Waals surface area contributed by atoms with Crippen molar-refractivity contribution in [2.45, 2.75) is 91.1 Å². The van der Waals surface area contributed by atoms with E-state index in [2.05, 4.69) is 47.7 Å². The predicted molar refractivity (Wildman–Crippen MR) is 159 cm³/mol. The molecule has 1 amide bonds. The molecule has 5 aliphatic rings. The number of aliphatic hydroxyl groups excluding tert-OH is 1. The van der Waals surface area contributed by atoms with E-state index in [1.807, 2.05) is 6.07 Å². The molecule has 6 rings (SSSR count). The fourth-order valence-corrected chi connectivity index (χ4v) is 10.3. The van der Waals surface area contributed by atoms with E-state index >= 15 is 0 Å². The number of anilines is 1. The van der Waals surface area contributed by atoms with Gasteiger partial charge in [-0.2, -0.15) is 0 Å². The van der Waals surface area contributed by atoms with E-state index in [0.29, 0.717) is 35.0 Å². The maximum atomic E-state index is 13.3. The summed E-state index contributed by atoms with van der Waals surface area (Å²) >= 11 is 0. The minimum Gasteiger partial charge on any atom is -0.480 e. The van der Waals surface area contributed by atoms with Gasteiger partial charge in [-0.15, -0.1) is 0 Å². The number of rotatable bonds is 6. The first kappa shape index (κ1) is 28.1. The maximum Gasteiger partial charge on any atom is 0.237 e. The molecule has 1 aromatic rings. The highest BCUT2D eigenvalue weighted by molar-refractivity contribution is 5.76. The van der Waals surface area contributed by atoms with E-state index in [-0.39, 0.29) is 6.10 Å². The average Bonchev–Trinajstić information content (AvgIpc) is 3.33. The van der Waals surface area contributed by atoms with Gasteiger partial charge in [0.05, 0.1) is 18.9 Å². The first-order valence-corrected chi connectivity index (χ1v) is 16.1. The van der Waals surface area contributed by atoms with Crippen LogP contribution in [-0.2, 0) is 4.79 Å². The van der Waals surface area contributed by atoms with Crippen molar-refractivity contribution in [2.75, 3.05) is 38.2 Å². The number of carbonyl (C=O) groups is 1. The Morgan fingerprint density at radius 2 is 1.93 bits per heavy atom. The molecule has 40 heavy (non-hydrogen) atoms. The van der Waals surface area contributed by atoms with Crippen LogP contribution in [-0.4, -0.2) is 60.3 Å². The zero-order chi connectivity index (χ0) is 28.1. The summed E-state index contributed by atoms with van der Waals surface area (Å²) in [5.41, 5.74) is 3.31. The monoisotopic (exact) mass is 549 g/mol. The molecule has 0 bridgehead atoms. The van der Waals surface area contributed by atoms with Crippen LogP contribution in [0.5, 0.6) is 5.88 Å². The number of allylic oxidation sites excluding steroid dienone is 1. The standard InChI is InChI=1S/C34H51N3O3/c1-23(7-12-31(39)37-20-18-36(19-21-37)30-6-5-17-35-32(30)40-4)27-10-11-28-26-9-8-24-22-25(38)13-15-33(24,2)29(26)14-16-34(27,28)3/h5-6,8,17,23,25-29,38H,7,9-16,18-22H2,1-4H3/t23?,25-,26-,27+,28-,29-,33-,34+/m0/s1. The zero-order valence-corrected chi connectivity index (χ0v) is 25.3. The van der Waals surface area contributed by atoms with Crippen LogP contribution in [0.15, 0.2) is 30.0 Å². The molecule has 8 atom stereocenters. The van der Waals surface area contributed by atoms with Gasteiger partial charge < -0.3 is 19.6 Å². The van der Waals surface area contributed by atoms with Gasteiger partial charge >= 0.3 is 0 Å². The van der Waals surface area contributed by atoms with E-state index in [4.69, 9.17) is 4.74 Å². The lowest BCUT2D eigenvalue weighted by atomic mass is 9.47. The number of aliphatic hydroxyl groups is 1. The summed E-state index contributed by atoms with van der Waals surface area (Å²) in [5, 5.41) is 10.3. The van der Waals surface area contributed by atoms with E-state index in [1.54, 1.807) is 18.9 Å². The lowest BCUT2D eigenvalue weighted by Crippen LogP contribution is -2.51. The van der Waals surface area contributed by atoms with Gasteiger partial charge in [-0.25, -0.2) is 4.98 Å². The second kappa shape index (κ2) is 11.0. The lowest BCUT2D eigenvalue weighted by Gasteiger charge is -2.58. The van der Waals surface area contributed by atoms with Gasteiger partial charge in [0.1, 0.15) is 0 Å². The number of piperazine rings is 1. The molecule has 4 fully saturated rings. The first-order chi connectivity index (χ1) is 19.2. The van der Waals surface area contributed by atoms with Gasteiger partial charge in [-0.1, -0.05) is 32.4 Å². The number of aromatic nitrogens is 1. The molecule has 1 saturated heterocycles. The second-order valence-corrected chi connectivity index (χ2v) is 14.3. The van der Waals surface area contributed by atoms with Gasteiger partial charge in [-0.3, -0.25) is 4.79 Å². The fourth-order valence-electron chi connectivity index (χ4n) is 10.3. The Hall–Kier alpha value is -2.08. The Morgan fingerprint density at radius 1 is 1.12 bits per heavy atom. The predicted octanol–water partition coefficient (Wildman–Crippen LogP) is 6.10. The van der Waals surface area contributed by atoms with E-state index in [1.165, 1.54) is 32.1 Å². The number of nitrogens with zero attached hydrogens (tertiary/aromatic N) is 3. The van der Waals surface area contributed by atoms with Crippen molar-refractivity contribution in [3.05, 3.63) is 30.0 Å². The van der Waals surface area contributed by atoms with Crippen LogP contribution in [0, 0.1) is 40.4 Å². The SMILES string of the molecule is COc1ncccc1N1CCN(C(=O)CCC(C)[C@H]2CC[C@H]3[C@@H]4CC=C5C[C@@H](O)CC[C@]5(C)[C@H]4CC[C@]23C)CC1. The molecule has 0 radical (unpaired) electrons. The lowest BCUT2D eigenvalue weighted by molar-refractivity contribution is -0.132. The first-order valence-electron chi connectivity index (χ1n) is 16.1. The largest absolute Gasteiger partial charge is 0.480 e. The summed E-state index contributed by atoms with van der Waals surface area (Å²) in [4.78, 5) is 22.0. The molecule has 220 valence electrons. The minimum absolute atomic E-state index is 0.127. The third kappa shape index (κ3) is 4.76. The number of amides is 1.